The third-order valence-electron chi connectivity index (χ3n) is 5.11. The lowest BCUT2D eigenvalue weighted by Crippen LogP contribution is -2.32. The number of fused-ring (bicyclic) bond motifs is 4. The third kappa shape index (κ3) is 1.76. The first-order valence-electron chi connectivity index (χ1n) is 7.80. The first-order chi connectivity index (χ1) is 11.1. The number of ketones is 2. The van der Waals surface area contributed by atoms with Gasteiger partial charge in [0.05, 0.1) is 11.3 Å². The Morgan fingerprint density at radius 1 is 1.04 bits per heavy atom. The molecule has 2 aliphatic rings. The van der Waals surface area contributed by atoms with Crippen LogP contribution in [0, 0.1) is 0 Å². The molecule has 1 aliphatic carbocycles. The van der Waals surface area contributed by atoms with Crippen molar-refractivity contribution in [2.45, 2.75) is 18.8 Å². The number of nitrogens with one attached hydrogen (secondary N) is 1. The van der Waals surface area contributed by atoms with Gasteiger partial charge in [-0.1, -0.05) is 43.3 Å². The van der Waals surface area contributed by atoms with Gasteiger partial charge in [-0.25, -0.2) is 0 Å². The van der Waals surface area contributed by atoms with E-state index in [1.807, 2.05) is 12.1 Å². The van der Waals surface area contributed by atoms with Crippen molar-refractivity contribution in [1.82, 2.24) is 0 Å². The zero-order valence-electron chi connectivity index (χ0n) is 13.0. The van der Waals surface area contributed by atoms with E-state index in [4.69, 9.17) is 0 Å². The van der Waals surface area contributed by atoms with Crippen LogP contribution in [-0.2, 0) is 5.41 Å². The van der Waals surface area contributed by atoms with Crippen molar-refractivity contribution in [2.24, 2.45) is 0 Å². The van der Waals surface area contributed by atoms with Gasteiger partial charge in [-0.2, -0.15) is 0 Å². The van der Waals surface area contributed by atoms with Gasteiger partial charge >= 0.3 is 0 Å². The highest BCUT2D eigenvalue weighted by Crippen LogP contribution is 2.43. The Morgan fingerprint density at radius 3 is 2.43 bits per heavy atom. The van der Waals surface area contributed by atoms with Crippen molar-refractivity contribution in [3.05, 3.63) is 76.9 Å². The molecule has 1 aliphatic heterocycles. The van der Waals surface area contributed by atoms with E-state index in [-0.39, 0.29) is 17.0 Å². The summed E-state index contributed by atoms with van der Waals surface area (Å²) in [5.41, 5.74) is 3.64. The summed E-state index contributed by atoms with van der Waals surface area (Å²) in [5.74, 6) is -0.154. The van der Waals surface area contributed by atoms with Crippen LogP contribution in [0.1, 0.15) is 50.8 Å². The lowest BCUT2D eigenvalue weighted by molar-refractivity contribution is 0.0979. The Bertz CT molecular complexity index is 881. The average molecular weight is 303 g/mol. The second kappa shape index (κ2) is 4.66. The maximum Gasteiger partial charge on any atom is 0.196 e. The number of anilines is 1. The SMILES string of the molecule is C=CC1(C)CCNc2c1ccc1c2C(=O)c2ccccc2C1=O. The molecule has 0 fully saturated rings. The van der Waals surface area contributed by atoms with Crippen molar-refractivity contribution < 1.29 is 9.59 Å². The Kier molecular flexibility index (Phi) is 2.82. The molecule has 0 saturated heterocycles. The first-order valence-corrected chi connectivity index (χ1v) is 7.80. The Hall–Kier alpha value is -2.68. The standard InChI is InChI=1S/C20H17NO2/c1-3-20(2)10-11-21-17-15(20)9-8-14-16(17)19(23)13-7-5-4-6-12(13)18(14)22/h3-9,21H,1,10-11H2,2H3. The third-order valence-corrected chi connectivity index (χ3v) is 5.11. The minimum atomic E-state index is -0.185. The normalized spacial score (nSPS) is 21.8. The largest absolute Gasteiger partial charge is 0.384 e. The lowest BCUT2D eigenvalue weighted by Gasteiger charge is -2.36. The summed E-state index contributed by atoms with van der Waals surface area (Å²) in [4.78, 5) is 25.8. The summed E-state index contributed by atoms with van der Waals surface area (Å²) in [6.07, 6.45) is 2.85. The molecule has 0 radical (unpaired) electrons. The highest BCUT2D eigenvalue weighted by Gasteiger charge is 2.37. The molecule has 23 heavy (non-hydrogen) atoms. The van der Waals surface area contributed by atoms with Gasteiger partial charge in [-0.05, 0) is 18.1 Å². The smallest absolute Gasteiger partial charge is 0.196 e. The number of hydrogen-bond acceptors (Lipinski definition) is 3. The van der Waals surface area contributed by atoms with E-state index in [1.165, 1.54) is 0 Å². The number of carbonyl (C=O) groups excluding carboxylic acids is 2. The van der Waals surface area contributed by atoms with Crippen LogP contribution in [0.15, 0.2) is 49.1 Å². The molecule has 0 spiro atoms. The molecule has 2 aromatic rings. The van der Waals surface area contributed by atoms with E-state index in [1.54, 1.807) is 30.3 Å². The van der Waals surface area contributed by atoms with Crippen LogP contribution in [0.25, 0.3) is 0 Å². The molecule has 3 nitrogen and oxygen atoms in total. The molecule has 0 aromatic heterocycles. The molecular formula is C20H17NO2. The van der Waals surface area contributed by atoms with E-state index in [0.717, 1.165) is 24.2 Å². The van der Waals surface area contributed by atoms with E-state index in [2.05, 4.69) is 18.8 Å². The summed E-state index contributed by atoms with van der Waals surface area (Å²) in [7, 11) is 0. The Morgan fingerprint density at radius 2 is 1.74 bits per heavy atom. The monoisotopic (exact) mass is 303 g/mol. The molecular weight excluding hydrogens is 286 g/mol. The van der Waals surface area contributed by atoms with E-state index in [0.29, 0.717) is 22.3 Å². The predicted octanol–water partition coefficient (Wildman–Crippen LogP) is 3.72. The maximum absolute atomic E-state index is 13.0. The highest BCUT2D eigenvalue weighted by atomic mass is 16.1. The maximum atomic E-state index is 13.0. The molecule has 1 heterocycles. The van der Waals surface area contributed by atoms with Gasteiger partial charge in [0.1, 0.15) is 0 Å². The number of carbonyl (C=O) groups is 2. The van der Waals surface area contributed by atoms with Gasteiger partial charge in [0.15, 0.2) is 11.6 Å². The van der Waals surface area contributed by atoms with Crippen LogP contribution in [0.5, 0.6) is 0 Å². The summed E-state index contributed by atoms with van der Waals surface area (Å²) in [5, 5.41) is 3.34. The van der Waals surface area contributed by atoms with Crippen molar-refractivity contribution in [1.29, 1.82) is 0 Å². The van der Waals surface area contributed by atoms with Gasteiger partial charge in [-0.15, -0.1) is 6.58 Å². The molecule has 0 saturated carbocycles. The molecule has 4 rings (SSSR count). The fourth-order valence-electron chi connectivity index (χ4n) is 3.64. The van der Waals surface area contributed by atoms with Gasteiger partial charge in [0, 0.05) is 28.7 Å². The van der Waals surface area contributed by atoms with E-state index >= 15 is 0 Å². The minimum absolute atomic E-state index is 0.0761. The number of benzene rings is 2. The van der Waals surface area contributed by atoms with Crippen LogP contribution < -0.4 is 5.32 Å². The van der Waals surface area contributed by atoms with Crippen LogP contribution in [0.3, 0.4) is 0 Å². The number of hydrogen-bond donors (Lipinski definition) is 1. The first kappa shape index (κ1) is 13.9. The van der Waals surface area contributed by atoms with E-state index in [9.17, 15) is 9.59 Å². The van der Waals surface area contributed by atoms with Gasteiger partial charge < -0.3 is 5.32 Å². The predicted molar refractivity (Wildman–Crippen MR) is 90.4 cm³/mol. The van der Waals surface area contributed by atoms with Crippen LogP contribution >= 0.6 is 0 Å². The topological polar surface area (TPSA) is 46.2 Å². The molecule has 2 aromatic carbocycles. The summed E-state index contributed by atoms with van der Waals surface area (Å²) >= 11 is 0. The zero-order chi connectivity index (χ0) is 16.2. The fourth-order valence-corrected chi connectivity index (χ4v) is 3.64. The Balaban J connectivity index is 2.02. The summed E-state index contributed by atoms with van der Waals surface area (Å²) < 4.78 is 0. The molecule has 0 amide bonds. The zero-order valence-corrected chi connectivity index (χ0v) is 13.0. The van der Waals surface area contributed by atoms with E-state index < -0.39 is 0 Å². The average Bonchev–Trinajstić information content (AvgIpc) is 2.59. The van der Waals surface area contributed by atoms with Crippen molar-refractivity contribution in [3.8, 4) is 0 Å². The second-order valence-corrected chi connectivity index (χ2v) is 6.41. The van der Waals surface area contributed by atoms with Crippen molar-refractivity contribution in [2.75, 3.05) is 11.9 Å². The molecule has 0 bridgehead atoms. The van der Waals surface area contributed by atoms with Crippen molar-refractivity contribution >= 4 is 17.3 Å². The lowest BCUT2D eigenvalue weighted by atomic mass is 9.73. The summed E-state index contributed by atoms with van der Waals surface area (Å²) in [6.45, 7) is 6.84. The van der Waals surface area contributed by atoms with Gasteiger partial charge in [0.25, 0.3) is 0 Å². The molecule has 1 atom stereocenters. The molecule has 1 N–H and O–H groups in total. The number of rotatable bonds is 1. The van der Waals surface area contributed by atoms with Gasteiger partial charge in [0.2, 0.25) is 0 Å². The quantitative estimate of drug-likeness (QED) is 0.697. The Labute approximate surface area is 135 Å². The molecule has 114 valence electrons. The van der Waals surface area contributed by atoms with Gasteiger partial charge in [-0.3, -0.25) is 9.59 Å². The molecule has 1 unspecified atom stereocenters. The van der Waals surface area contributed by atoms with Crippen molar-refractivity contribution in [3.63, 3.8) is 0 Å². The fraction of sp³-hybridized carbons (Fsp3) is 0.200. The van der Waals surface area contributed by atoms with Crippen LogP contribution in [0.2, 0.25) is 0 Å². The van der Waals surface area contributed by atoms with Crippen LogP contribution in [0.4, 0.5) is 5.69 Å². The summed E-state index contributed by atoms with van der Waals surface area (Å²) in [6, 6.07) is 10.8. The minimum Gasteiger partial charge on any atom is -0.384 e. The van der Waals surface area contributed by atoms with Crippen LogP contribution in [-0.4, -0.2) is 18.1 Å². The highest BCUT2D eigenvalue weighted by molar-refractivity contribution is 6.30. The molecule has 3 heteroatoms. The second-order valence-electron chi connectivity index (χ2n) is 6.41. The number of allylic oxidation sites excluding steroid dienone is 1.